The zero-order chi connectivity index (χ0) is 21.6. The summed E-state index contributed by atoms with van der Waals surface area (Å²) < 4.78 is 39.0. The van der Waals surface area contributed by atoms with Gasteiger partial charge < -0.3 is 14.4 Å². The Balaban J connectivity index is 1.88. The quantitative estimate of drug-likeness (QED) is 0.639. The standard InChI is InChI=1S/C22H28N2O5S/c1-18-8-9-20(28-2)21(16-18)30(26,27)24(11-10-19-6-4-3-5-7-19)17-22(25)23-12-14-29-15-13-23/h3-9,16H,10-15,17H2,1-2H3. The van der Waals surface area contributed by atoms with Gasteiger partial charge in [-0.05, 0) is 36.6 Å². The first-order valence-electron chi connectivity index (χ1n) is 9.96. The van der Waals surface area contributed by atoms with E-state index in [4.69, 9.17) is 9.47 Å². The molecule has 1 aliphatic heterocycles. The number of methoxy groups -OCH3 is 1. The fourth-order valence-electron chi connectivity index (χ4n) is 3.37. The molecule has 0 bridgehead atoms. The molecule has 162 valence electrons. The highest BCUT2D eigenvalue weighted by Crippen LogP contribution is 2.28. The number of amides is 1. The molecule has 1 aliphatic rings. The molecule has 3 rings (SSSR count). The largest absolute Gasteiger partial charge is 0.495 e. The average molecular weight is 433 g/mol. The SMILES string of the molecule is COc1ccc(C)cc1S(=O)(=O)N(CCc1ccccc1)CC(=O)N1CCOCC1. The van der Waals surface area contributed by atoms with Crippen LogP contribution in [0.15, 0.2) is 53.4 Å². The van der Waals surface area contributed by atoms with Gasteiger partial charge in [-0.15, -0.1) is 0 Å². The van der Waals surface area contributed by atoms with Crippen LogP contribution in [0.5, 0.6) is 5.75 Å². The molecule has 2 aromatic rings. The third kappa shape index (κ3) is 5.38. The Bertz CT molecular complexity index is 957. The van der Waals surface area contributed by atoms with Gasteiger partial charge in [-0.2, -0.15) is 4.31 Å². The molecule has 0 aromatic heterocycles. The zero-order valence-corrected chi connectivity index (χ0v) is 18.2. The highest BCUT2D eigenvalue weighted by atomic mass is 32.2. The van der Waals surface area contributed by atoms with Crippen LogP contribution in [0.2, 0.25) is 0 Å². The van der Waals surface area contributed by atoms with Crippen LogP contribution in [0.3, 0.4) is 0 Å². The summed E-state index contributed by atoms with van der Waals surface area (Å²) in [6.07, 6.45) is 0.505. The summed E-state index contributed by atoms with van der Waals surface area (Å²) in [4.78, 5) is 14.6. The number of morpholine rings is 1. The Labute approximate surface area is 178 Å². The van der Waals surface area contributed by atoms with Crippen LogP contribution in [0, 0.1) is 6.92 Å². The van der Waals surface area contributed by atoms with Gasteiger partial charge in [0.05, 0.1) is 26.9 Å². The molecule has 0 saturated carbocycles. The number of benzene rings is 2. The minimum Gasteiger partial charge on any atom is -0.495 e. The van der Waals surface area contributed by atoms with Crippen LogP contribution < -0.4 is 4.74 Å². The van der Waals surface area contributed by atoms with Crippen molar-refractivity contribution >= 4 is 15.9 Å². The maximum atomic E-state index is 13.6. The monoisotopic (exact) mass is 432 g/mol. The van der Waals surface area contributed by atoms with Crippen LogP contribution >= 0.6 is 0 Å². The molecule has 30 heavy (non-hydrogen) atoms. The number of carbonyl (C=O) groups excluding carboxylic acids is 1. The lowest BCUT2D eigenvalue weighted by Crippen LogP contribution is -2.47. The van der Waals surface area contributed by atoms with Gasteiger partial charge in [0.2, 0.25) is 15.9 Å². The highest BCUT2D eigenvalue weighted by Gasteiger charge is 2.31. The number of rotatable bonds is 8. The third-order valence-corrected chi connectivity index (χ3v) is 6.97. The fourth-order valence-corrected chi connectivity index (χ4v) is 5.00. The number of sulfonamides is 1. The molecule has 0 spiro atoms. The molecular weight excluding hydrogens is 404 g/mol. The van der Waals surface area contributed by atoms with Crippen molar-refractivity contribution in [3.63, 3.8) is 0 Å². The smallest absolute Gasteiger partial charge is 0.247 e. The maximum absolute atomic E-state index is 13.6. The molecule has 1 amide bonds. The van der Waals surface area contributed by atoms with E-state index < -0.39 is 10.0 Å². The van der Waals surface area contributed by atoms with E-state index in [1.165, 1.54) is 11.4 Å². The summed E-state index contributed by atoms with van der Waals surface area (Å²) in [6, 6.07) is 14.7. The Morgan fingerprint density at radius 2 is 1.83 bits per heavy atom. The minimum absolute atomic E-state index is 0.0767. The van der Waals surface area contributed by atoms with Crippen molar-refractivity contribution in [2.75, 3.05) is 46.5 Å². The van der Waals surface area contributed by atoms with Gasteiger partial charge in [-0.25, -0.2) is 8.42 Å². The summed E-state index contributed by atoms with van der Waals surface area (Å²) in [5, 5.41) is 0. The van der Waals surface area contributed by atoms with Gasteiger partial charge in [-0.3, -0.25) is 4.79 Å². The van der Waals surface area contributed by atoms with Gasteiger partial charge in [0.15, 0.2) is 0 Å². The zero-order valence-electron chi connectivity index (χ0n) is 17.4. The van der Waals surface area contributed by atoms with Gasteiger partial charge in [-0.1, -0.05) is 36.4 Å². The van der Waals surface area contributed by atoms with E-state index in [9.17, 15) is 13.2 Å². The second-order valence-electron chi connectivity index (χ2n) is 7.22. The number of hydrogen-bond donors (Lipinski definition) is 0. The van der Waals surface area contributed by atoms with Crippen LogP contribution in [0.1, 0.15) is 11.1 Å². The summed E-state index contributed by atoms with van der Waals surface area (Å²) in [7, 11) is -2.50. The second kappa shape index (κ2) is 10.1. The molecule has 0 atom stereocenters. The van der Waals surface area contributed by atoms with E-state index in [1.807, 2.05) is 37.3 Å². The summed E-state index contributed by atoms with van der Waals surface area (Å²) in [5.41, 5.74) is 1.81. The third-order valence-electron chi connectivity index (χ3n) is 5.11. The summed E-state index contributed by atoms with van der Waals surface area (Å²) >= 11 is 0. The lowest BCUT2D eigenvalue weighted by Gasteiger charge is -2.30. The van der Waals surface area contributed by atoms with Crippen LogP contribution in [-0.2, 0) is 26.0 Å². The van der Waals surface area contributed by atoms with E-state index in [0.29, 0.717) is 32.7 Å². The maximum Gasteiger partial charge on any atom is 0.247 e. The minimum atomic E-state index is -3.94. The fraction of sp³-hybridized carbons (Fsp3) is 0.409. The summed E-state index contributed by atoms with van der Waals surface area (Å²) in [5.74, 6) is 0.0469. The lowest BCUT2D eigenvalue weighted by atomic mass is 10.1. The van der Waals surface area contributed by atoms with Crippen molar-refractivity contribution in [1.29, 1.82) is 0 Å². The van der Waals surface area contributed by atoms with Crippen molar-refractivity contribution in [3.05, 3.63) is 59.7 Å². The Morgan fingerprint density at radius 1 is 1.13 bits per heavy atom. The van der Waals surface area contributed by atoms with Crippen molar-refractivity contribution in [2.45, 2.75) is 18.2 Å². The molecule has 1 heterocycles. The Morgan fingerprint density at radius 3 is 2.50 bits per heavy atom. The van der Waals surface area contributed by atoms with Gasteiger partial charge in [0.25, 0.3) is 0 Å². The normalized spacial score (nSPS) is 14.7. The van der Waals surface area contributed by atoms with Gasteiger partial charge in [0.1, 0.15) is 10.6 Å². The topological polar surface area (TPSA) is 76.2 Å². The number of carbonyl (C=O) groups is 1. The first-order valence-corrected chi connectivity index (χ1v) is 11.4. The van der Waals surface area contributed by atoms with E-state index in [1.54, 1.807) is 23.1 Å². The Kier molecular flexibility index (Phi) is 7.47. The van der Waals surface area contributed by atoms with Crippen molar-refractivity contribution in [1.82, 2.24) is 9.21 Å². The molecule has 0 aliphatic carbocycles. The number of ether oxygens (including phenoxy) is 2. The van der Waals surface area contributed by atoms with E-state index in [-0.39, 0.29) is 29.6 Å². The highest BCUT2D eigenvalue weighted by molar-refractivity contribution is 7.89. The van der Waals surface area contributed by atoms with Gasteiger partial charge >= 0.3 is 0 Å². The van der Waals surface area contributed by atoms with Gasteiger partial charge in [0, 0.05) is 19.6 Å². The van der Waals surface area contributed by atoms with E-state index in [2.05, 4.69) is 0 Å². The predicted octanol–water partition coefficient (Wildman–Crippen LogP) is 2.10. The number of nitrogens with zero attached hydrogens (tertiary/aromatic N) is 2. The first-order chi connectivity index (χ1) is 14.4. The van der Waals surface area contributed by atoms with Crippen molar-refractivity contribution < 1.29 is 22.7 Å². The summed E-state index contributed by atoms with van der Waals surface area (Å²) in [6.45, 7) is 3.68. The molecule has 1 fully saturated rings. The molecule has 0 unspecified atom stereocenters. The number of hydrogen-bond acceptors (Lipinski definition) is 5. The van der Waals surface area contributed by atoms with Crippen LogP contribution in [0.4, 0.5) is 0 Å². The van der Waals surface area contributed by atoms with E-state index >= 15 is 0 Å². The predicted molar refractivity (Wildman–Crippen MR) is 114 cm³/mol. The molecule has 0 radical (unpaired) electrons. The van der Waals surface area contributed by atoms with Crippen LogP contribution in [0.25, 0.3) is 0 Å². The molecule has 1 saturated heterocycles. The van der Waals surface area contributed by atoms with Crippen molar-refractivity contribution in [3.8, 4) is 5.75 Å². The number of aryl methyl sites for hydroxylation is 1. The molecule has 2 aromatic carbocycles. The lowest BCUT2D eigenvalue weighted by molar-refractivity contribution is -0.135. The second-order valence-corrected chi connectivity index (χ2v) is 9.13. The molecular formula is C22H28N2O5S. The molecule has 7 nitrogen and oxygen atoms in total. The molecule has 8 heteroatoms. The van der Waals surface area contributed by atoms with E-state index in [0.717, 1.165) is 11.1 Å². The first kappa shape index (κ1) is 22.3. The van der Waals surface area contributed by atoms with Crippen LogP contribution in [-0.4, -0.2) is 70.0 Å². The Hall–Kier alpha value is -2.42. The average Bonchev–Trinajstić information content (AvgIpc) is 2.77. The molecule has 0 N–H and O–H groups in total. The van der Waals surface area contributed by atoms with Crippen molar-refractivity contribution in [2.24, 2.45) is 0 Å².